The summed E-state index contributed by atoms with van der Waals surface area (Å²) in [5.74, 6) is -0.886. The zero-order valence-corrected chi connectivity index (χ0v) is 19.1. The molecular weight excluding hydrogens is 623 g/mol. The predicted octanol–water partition coefficient (Wildman–Crippen LogP) is 2.12. The molecule has 0 N–H and O–H groups in total. The number of carbonyl (C=O) groups excluding carboxylic acids is 2. The van der Waals surface area contributed by atoms with E-state index < -0.39 is 34.0 Å². The van der Waals surface area contributed by atoms with Gasteiger partial charge in [0.05, 0.1) is 0 Å². The van der Waals surface area contributed by atoms with Gasteiger partial charge < -0.3 is 0 Å². The van der Waals surface area contributed by atoms with E-state index in [1.54, 1.807) is 0 Å². The molecule has 2 rings (SSSR count). The number of hydrogen-bond acceptors (Lipinski definition) is 4. The van der Waals surface area contributed by atoms with Crippen LogP contribution in [0.4, 0.5) is 0 Å². The fourth-order valence-electron chi connectivity index (χ4n) is 2.11. The van der Waals surface area contributed by atoms with Crippen molar-refractivity contribution >= 4 is 72.1 Å². The molecule has 0 aliphatic heterocycles. The van der Waals surface area contributed by atoms with Gasteiger partial charge in [-0.2, -0.15) is 0 Å². The van der Waals surface area contributed by atoms with Gasteiger partial charge in [0, 0.05) is 0 Å². The van der Waals surface area contributed by atoms with Crippen LogP contribution >= 0.6 is 31.9 Å². The fraction of sp³-hybridized carbons (Fsp3) is 0.125. The molecule has 120 valence electrons. The summed E-state index contributed by atoms with van der Waals surface area (Å²) >= 11 is 1.63. The topological polar surface area (TPSA) is 52.6 Å². The molecule has 0 aliphatic rings. The van der Waals surface area contributed by atoms with Gasteiger partial charge in [0.25, 0.3) is 0 Å². The Balaban J connectivity index is 2.62. The van der Waals surface area contributed by atoms with E-state index in [9.17, 15) is 9.59 Å². The van der Waals surface area contributed by atoms with Crippen LogP contribution in [-0.2, 0) is 15.0 Å². The number of benzene rings is 2. The molecule has 0 bridgehead atoms. The van der Waals surface area contributed by atoms with E-state index in [1.165, 1.54) is 0 Å². The summed E-state index contributed by atoms with van der Waals surface area (Å²) in [4.78, 5) is 24.1. The molecule has 0 atom stereocenters. The normalized spacial score (nSPS) is 10.9. The third kappa shape index (κ3) is 4.63. The molecule has 0 spiro atoms. The van der Waals surface area contributed by atoms with Crippen LogP contribution in [0.5, 0.6) is 0 Å². The summed E-state index contributed by atoms with van der Waals surface area (Å²) in [5, 5.41) is 0.0839. The Morgan fingerprint density at radius 2 is 1.09 bits per heavy atom. The maximum absolute atomic E-state index is 12.0. The summed E-state index contributed by atoms with van der Waals surface area (Å²) in [5.41, 5.74) is 0. The zero-order valence-electron chi connectivity index (χ0n) is 12.1. The minimum atomic E-state index is -4.58. The maximum atomic E-state index is 12.0. The second-order valence-electron chi connectivity index (χ2n) is 4.56. The number of rotatable bonds is 6. The Bertz CT molecular complexity index is 605. The molecule has 2 aromatic carbocycles. The van der Waals surface area contributed by atoms with Gasteiger partial charge in [-0.25, -0.2) is 0 Å². The average Bonchev–Trinajstić information content (AvgIpc) is 2.62. The molecule has 7 heteroatoms. The third-order valence-electron chi connectivity index (χ3n) is 3.04. The van der Waals surface area contributed by atoms with Gasteiger partial charge in [-0.05, 0) is 0 Å². The number of alkyl halides is 2. The van der Waals surface area contributed by atoms with Crippen molar-refractivity contribution in [2.75, 3.05) is 10.7 Å². The van der Waals surface area contributed by atoms with Crippen LogP contribution in [0.25, 0.3) is 0 Å². The molecule has 0 aromatic heterocycles. The molecule has 0 unspecified atom stereocenters. The molecule has 2 aromatic rings. The van der Waals surface area contributed by atoms with E-state index >= 15 is 0 Å². The summed E-state index contributed by atoms with van der Waals surface area (Å²) in [6.07, 6.45) is 0. The molecule has 0 heterocycles. The zero-order chi connectivity index (χ0) is 16.7. The molecule has 0 fully saturated rings. The Hall–Kier alpha value is -0.738. The molecule has 0 saturated carbocycles. The summed E-state index contributed by atoms with van der Waals surface area (Å²) < 4.78 is 13.2. The van der Waals surface area contributed by atoms with Crippen molar-refractivity contribution in [3.8, 4) is 0 Å². The number of carbonyl (C=O) groups is 2. The predicted molar refractivity (Wildman–Crippen MR) is 97.7 cm³/mol. The van der Waals surface area contributed by atoms with E-state index in [-0.39, 0.29) is 10.7 Å². The Labute approximate surface area is 157 Å². The molecule has 0 aliphatic carbocycles. The molecule has 0 radical (unpaired) electrons. The summed E-state index contributed by atoms with van der Waals surface area (Å²) in [6, 6.07) is 18.5. The first-order valence-electron chi connectivity index (χ1n) is 6.79. The second-order valence-corrected chi connectivity index (χ2v) is 16.6. The Kier molecular flexibility index (Phi) is 7.22. The third-order valence-corrected chi connectivity index (χ3v) is 16.5. The van der Waals surface area contributed by atoms with Gasteiger partial charge >= 0.3 is 158 Å². The van der Waals surface area contributed by atoms with Crippen LogP contribution in [0.15, 0.2) is 60.7 Å². The van der Waals surface area contributed by atoms with Gasteiger partial charge in [-0.1, -0.05) is 0 Å². The van der Waals surface area contributed by atoms with Crippen LogP contribution < -0.4 is 6.25 Å². The van der Waals surface area contributed by atoms with Crippen LogP contribution in [0.2, 0.25) is 0 Å². The van der Waals surface area contributed by atoms with E-state index in [0.717, 1.165) is 6.25 Å². The van der Waals surface area contributed by atoms with E-state index in [0.29, 0.717) is 0 Å². The van der Waals surface area contributed by atoms with Gasteiger partial charge in [0.2, 0.25) is 0 Å². The molecule has 0 saturated heterocycles. The monoisotopic (exact) mass is 636 g/mol. The molecule has 4 nitrogen and oxygen atoms in total. The first-order chi connectivity index (χ1) is 11.1. The van der Waals surface area contributed by atoms with Crippen LogP contribution in [0.3, 0.4) is 0 Å². The standard InChI is InChI=1S/2C6H5.2C2H3BrO2.Pb/c2*1-2-4-6-5-3-1;2*3-1-2(4)5;/h2*1-5H;2*1H2,(H,4,5);/q;;;;+2/p-2. The average molecular weight is 637 g/mol. The molecule has 23 heavy (non-hydrogen) atoms. The minimum absolute atomic E-state index is 0.0419. The van der Waals surface area contributed by atoms with Gasteiger partial charge in [0.15, 0.2) is 0 Å². The van der Waals surface area contributed by atoms with Crippen molar-refractivity contribution in [3.63, 3.8) is 0 Å². The quantitative estimate of drug-likeness (QED) is 0.360. The summed E-state index contributed by atoms with van der Waals surface area (Å²) in [7, 11) is 0. The SMILES string of the molecule is O=C(CBr)[O][Pb]([O]C(=O)CBr)([c]1ccccc1)[c]1ccccc1. The first-order valence-corrected chi connectivity index (χ1v) is 16.1. The fourth-order valence-corrected chi connectivity index (χ4v) is 15.2. The van der Waals surface area contributed by atoms with Gasteiger partial charge in [-0.15, -0.1) is 0 Å². The Morgan fingerprint density at radius 3 is 1.39 bits per heavy atom. The van der Waals surface area contributed by atoms with Crippen molar-refractivity contribution < 1.29 is 15.0 Å². The molecular formula is C16H14Br2O4Pb. The van der Waals surface area contributed by atoms with Crippen LogP contribution in [0, 0.1) is 0 Å². The van der Waals surface area contributed by atoms with Crippen LogP contribution in [-0.4, -0.2) is 44.7 Å². The van der Waals surface area contributed by atoms with Gasteiger partial charge in [-0.3, -0.25) is 0 Å². The number of halogens is 2. The first kappa shape index (κ1) is 18.6. The van der Waals surface area contributed by atoms with Crippen molar-refractivity contribution in [1.82, 2.24) is 0 Å². The molecule has 0 amide bonds. The number of hydrogen-bond donors (Lipinski definition) is 0. The summed E-state index contributed by atoms with van der Waals surface area (Å²) in [6.45, 7) is 0. The van der Waals surface area contributed by atoms with Crippen LogP contribution in [0.1, 0.15) is 0 Å². The van der Waals surface area contributed by atoms with E-state index in [2.05, 4.69) is 31.9 Å². The van der Waals surface area contributed by atoms with Crippen molar-refractivity contribution in [2.24, 2.45) is 0 Å². The Morgan fingerprint density at radius 1 is 0.739 bits per heavy atom. The van der Waals surface area contributed by atoms with Crippen molar-refractivity contribution in [3.05, 3.63) is 60.7 Å². The second kappa shape index (κ2) is 8.93. The van der Waals surface area contributed by atoms with E-state index in [1.807, 2.05) is 60.7 Å². The van der Waals surface area contributed by atoms with E-state index in [4.69, 9.17) is 5.37 Å². The van der Waals surface area contributed by atoms with Gasteiger partial charge in [0.1, 0.15) is 0 Å². The van der Waals surface area contributed by atoms with Crippen molar-refractivity contribution in [1.29, 1.82) is 0 Å². The van der Waals surface area contributed by atoms with Crippen molar-refractivity contribution in [2.45, 2.75) is 0 Å².